The Bertz CT molecular complexity index is 2270. The Morgan fingerprint density at radius 3 is 2.42 bits per heavy atom. The maximum Gasteiger partial charge on any atom is 0.408 e. The van der Waals surface area contributed by atoms with Crippen LogP contribution in [0.1, 0.15) is 66.7 Å². The predicted molar refractivity (Wildman–Crippen MR) is 245 cm³/mol. The second-order valence-corrected chi connectivity index (χ2v) is 20.8. The average Bonchev–Trinajstić information content (AvgIpc) is 3.91. The Balaban J connectivity index is 1.09. The van der Waals surface area contributed by atoms with Crippen LogP contribution in [-0.4, -0.2) is 142 Å². The molecule has 5 fully saturated rings. The zero-order valence-electron chi connectivity index (χ0n) is 37.5. The minimum atomic E-state index is -1.53. The fourth-order valence-electron chi connectivity index (χ4n) is 9.36. The maximum absolute atomic E-state index is 14.8. The first-order chi connectivity index (χ1) is 30.4. The van der Waals surface area contributed by atoms with Gasteiger partial charge in [-0.25, -0.2) is 19.6 Å². The van der Waals surface area contributed by atoms with Crippen LogP contribution in [0.15, 0.2) is 36.2 Å². The molecule has 8 atom stereocenters. The summed E-state index contributed by atoms with van der Waals surface area (Å²) in [6.45, 7) is 18.4. The highest BCUT2D eigenvalue weighted by Gasteiger charge is 2.61. The van der Waals surface area contributed by atoms with E-state index in [1.54, 1.807) is 12.1 Å². The number of thiazole rings is 1. The van der Waals surface area contributed by atoms with Crippen molar-refractivity contribution in [2.45, 2.75) is 103 Å². The van der Waals surface area contributed by atoms with Gasteiger partial charge in [-0.15, -0.1) is 17.9 Å². The lowest BCUT2D eigenvalue weighted by Crippen LogP contribution is -2.59. The summed E-state index contributed by atoms with van der Waals surface area (Å²) in [5.41, 5.74) is -0.808. The lowest BCUT2D eigenvalue weighted by Gasteiger charge is -2.35. The minimum Gasteiger partial charge on any atom is -0.491 e. The first-order valence-electron chi connectivity index (χ1n) is 22.4. The number of halogens is 1. The van der Waals surface area contributed by atoms with Crippen molar-refractivity contribution in [1.29, 1.82) is 0 Å². The summed E-state index contributed by atoms with van der Waals surface area (Å²) in [6, 6.07) is 3.35. The van der Waals surface area contributed by atoms with Gasteiger partial charge in [0.2, 0.25) is 11.8 Å². The van der Waals surface area contributed by atoms with Gasteiger partial charge in [0.25, 0.3) is 0 Å². The number of aromatic nitrogens is 2. The zero-order chi connectivity index (χ0) is 45.7. The number of hydrogen-bond acceptors (Lipinski definition) is 13. The highest BCUT2D eigenvalue weighted by Crippen LogP contribution is 2.52. The molecule has 16 nitrogen and oxygen atoms in total. The molecule has 5 aliphatic rings. The van der Waals surface area contributed by atoms with Crippen molar-refractivity contribution < 1.29 is 38.5 Å². The van der Waals surface area contributed by atoms with E-state index in [0.717, 1.165) is 50.7 Å². The molecule has 346 valence electrons. The monoisotopic (exact) mass is 920 g/mol. The number of pyridine rings is 1. The number of carbonyl (C=O) groups is 4. The number of piperazine rings is 1. The molecule has 3 saturated carbocycles. The quantitative estimate of drug-likeness (QED) is 0.125. The molecule has 0 radical (unpaired) electrons. The number of carboxylic acids is 1. The molecule has 2 unspecified atom stereocenters. The molecule has 8 rings (SSSR count). The lowest BCUT2D eigenvalue weighted by atomic mass is 9.85. The Morgan fingerprint density at radius 1 is 1.03 bits per heavy atom. The molecule has 18 heteroatoms. The summed E-state index contributed by atoms with van der Waals surface area (Å²) in [7, 11) is 2.12. The van der Waals surface area contributed by atoms with Crippen molar-refractivity contribution in [3.05, 3.63) is 41.3 Å². The molecule has 3 aliphatic carbocycles. The number of fused-ring (bicyclic) bond motifs is 2. The number of aliphatic carboxylic acids is 1. The summed E-state index contributed by atoms with van der Waals surface area (Å²) in [5.74, 6) is -0.740. The SMILES string of the molecule is C=C[C@@H]1C[C@]1(NC(=O)[C@@H]1CC(Oc2cc(-c3csc(NC(C)C)n3)nc3c(Cl)c(OCCN4CCN(C)CC4)ccc23)CN1C(=O)[C@@H](NC(=O)OC1C[C@@H]2C[C@@H]2C1)C(C)(C)C)C(=O)O. The molecule has 64 heavy (non-hydrogen) atoms. The van der Waals surface area contributed by atoms with Crippen LogP contribution in [0.4, 0.5) is 9.93 Å². The van der Waals surface area contributed by atoms with Gasteiger partial charge in [0, 0.05) is 67.9 Å². The third-order valence-corrected chi connectivity index (χ3v) is 14.4. The maximum atomic E-state index is 14.8. The Labute approximate surface area is 383 Å². The van der Waals surface area contributed by atoms with Crippen molar-refractivity contribution in [2.24, 2.45) is 23.2 Å². The molecule has 1 aromatic carbocycles. The third kappa shape index (κ3) is 9.92. The minimum absolute atomic E-state index is 0.0255. The predicted octanol–water partition coefficient (Wildman–Crippen LogP) is 5.89. The number of amides is 3. The van der Waals surface area contributed by atoms with Crippen LogP contribution in [0.25, 0.3) is 22.3 Å². The fraction of sp³-hybridized carbons (Fsp3) is 0.609. The van der Waals surface area contributed by atoms with E-state index in [4.69, 9.17) is 35.8 Å². The number of carbonyl (C=O) groups excluding carboxylic acids is 3. The van der Waals surface area contributed by atoms with E-state index in [2.05, 4.69) is 39.4 Å². The largest absolute Gasteiger partial charge is 0.491 e. The molecule has 0 spiro atoms. The Kier molecular flexibility index (Phi) is 13.1. The number of nitrogens with one attached hydrogen (secondary N) is 3. The summed E-state index contributed by atoms with van der Waals surface area (Å²) in [4.78, 5) is 70.9. The van der Waals surface area contributed by atoms with Gasteiger partial charge in [0.05, 0.1) is 17.8 Å². The standard InChI is InChI=1S/C46H61ClN8O8S/c1-8-28-22-46(28,42(58)59)52-40(56)34-20-30(23-55(34)41(57)39(45(4,5)6)51-44(60)63-29-18-26-17-27(26)19-29)62-36-21-32(33-24-64-43(50-33)48-25(2)3)49-38-31(36)9-10-35(37(38)47)61-16-15-54-13-11-53(7)12-14-54/h8-10,21,24-30,34,39H,1,11-20,22-23H2,2-7H3,(H,48,50)(H,51,60)(H,52,56)(H,58,59)/t26-,27+,28-,29?,30?,34+,39-,46-/m1/s1. The first kappa shape index (κ1) is 45.8. The van der Waals surface area contributed by atoms with E-state index in [1.807, 2.05) is 46.1 Å². The van der Waals surface area contributed by atoms with E-state index >= 15 is 0 Å². The van der Waals surface area contributed by atoms with Gasteiger partial charge >= 0.3 is 12.1 Å². The molecule has 2 aliphatic heterocycles. The second kappa shape index (κ2) is 18.3. The number of hydrogen-bond donors (Lipinski definition) is 4. The Hall–Kier alpha value is -4.71. The molecule has 0 bridgehead atoms. The van der Waals surface area contributed by atoms with Gasteiger partial charge in [-0.1, -0.05) is 38.4 Å². The number of ether oxygens (including phenoxy) is 3. The molecule has 3 aromatic rings. The van der Waals surface area contributed by atoms with E-state index in [1.165, 1.54) is 28.7 Å². The molecule has 3 amide bonds. The number of likely N-dealkylation sites (N-methyl/N-ethyl adjacent to an activating group) is 1. The van der Waals surface area contributed by atoms with Gasteiger partial charge in [0.1, 0.15) is 58.7 Å². The second-order valence-electron chi connectivity index (χ2n) is 19.6. The smallest absolute Gasteiger partial charge is 0.408 e. The molecule has 2 aromatic heterocycles. The molecule has 4 N–H and O–H groups in total. The number of alkyl carbamates (subject to hydrolysis) is 1. The first-order valence-corrected chi connectivity index (χ1v) is 23.7. The number of rotatable bonds is 16. The molecule has 2 saturated heterocycles. The lowest BCUT2D eigenvalue weighted by molar-refractivity contribution is -0.146. The van der Waals surface area contributed by atoms with Crippen molar-refractivity contribution in [3.63, 3.8) is 0 Å². The number of nitrogens with zero attached hydrogens (tertiary/aromatic N) is 5. The van der Waals surface area contributed by atoms with Crippen molar-refractivity contribution in [1.82, 2.24) is 35.3 Å². The van der Waals surface area contributed by atoms with E-state index in [-0.39, 0.29) is 31.5 Å². The summed E-state index contributed by atoms with van der Waals surface area (Å²) >= 11 is 8.58. The van der Waals surface area contributed by atoms with Crippen molar-refractivity contribution >= 4 is 62.8 Å². The third-order valence-electron chi connectivity index (χ3n) is 13.3. The van der Waals surface area contributed by atoms with Crippen LogP contribution in [-0.2, 0) is 19.1 Å². The van der Waals surface area contributed by atoms with Crippen LogP contribution in [0.5, 0.6) is 11.5 Å². The van der Waals surface area contributed by atoms with Gasteiger partial charge in [-0.05, 0) is 76.0 Å². The van der Waals surface area contributed by atoms with Crippen LogP contribution in [0.2, 0.25) is 5.02 Å². The van der Waals surface area contributed by atoms with E-state index in [9.17, 15) is 24.3 Å². The van der Waals surface area contributed by atoms with Gasteiger partial charge in [0.15, 0.2) is 5.13 Å². The molecular weight excluding hydrogens is 860 g/mol. The summed E-state index contributed by atoms with van der Waals surface area (Å²) in [5, 5.41) is 22.6. The van der Waals surface area contributed by atoms with Crippen LogP contribution >= 0.6 is 22.9 Å². The van der Waals surface area contributed by atoms with Gasteiger partial charge in [-0.2, -0.15) is 0 Å². The summed E-state index contributed by atoms with van der Waals surface area (Å²) in [6.07, 6.45) is 2.88. The van der Waals surface area contributed by atoms with Crippen LogP contribution in [0.3, 0.4) is 0 Å². The molecule has 4 heterocycles. The number of carboxylic acid groups (broad SMARTS) is 1. The normalized spacial score (nSPS) is 27.2. The van der Waals surface area contributed by atoms with Gasteiger partial charge in [-0.3, -0.25) is 14.5 Å². The van der Waals surface area contributed by atoms with Gasteiger partial charge < -0.3 is 45.1 Å². The highest BCUT2D eigenvalue weighted by atomic mass is 35.5. The molecular formula is C46H61ClN8O8S. The topological polar surface area (TPSA) is 188 Å². The Morgan fingerprint density at radius 2 is 1.77 bits per heavy atom. The van der Waals surface area contributed by atoms with E-state index < -0.39 is 58.9 Å². The van der Waals surface area contributed by atoms with Crippen molar-refractivity contribution in [2.75, 3.05) is 58.2 Å². The number of anilines is 1. The number of benzene rings is 1. The van der Waals surface area contributed by atoms with Crippen LogP contribution in [0, 0.1) is 23.2 Å². The average molecular weight is 922 g/mol. The van der Waals surface area contributed by atoms with E-state index in [0.29, 0.717) is 57.3 Å². The fourth-order valence-corrected chi connectivity index (χ4v) is 10.5. The van der Waals surface area contributed by atoms with Crippen LogP contribution < -0.4 is 25.4 Å². The zero-order valence-corrected chi connectivity index (χ0v) is 39.1. The highest BCUT2D eigenvalue weighted by molar-refractivity contribution is 7.14. The van der Waals surface area contributed by atoms with Crippen molar-refractivity contribution in [3.8, 4) is 22.9 Å². The number of likely N-dealkylation sites (tertiary alicyclic amines) is 1. The summed E-state index contributed by atoms with van der Waals surface area (Å²) < 4.78 is 18.9.